The van der Waals surface area contributed by atoms with Gasteiger partial charge >= 0.3 is 11.9 Å². The first kappa shape index (κ1) is 51.9. The summed E-state index contributed by atoms with van der Waals surface area (Å²) in [6.07, 6.45) is 34.0. The van der Waals surface area contributed by atoms with Crippen molar-refractivity contribution >= 4 is 11.9 Å². The van der Waals surface area contributed by atoms with Crippen LogP contribution in [0.15, 0.2) is 0 Å². The van der Waals surface area contributed by atoms with E-state index in [1.165, 1.54) is 90.1 Å². The molecule has 0 aliphatic carbocycles. The number of hydrogen-bond donors (Lipinski definition) is 1. The SMILES string of the molecule is CCCCCCCCC(CC)C(=O)OCCCCCCC(O)(CCCCCCOC(=O)C(CC)CCCCCCCC)CCCCN(CCC)CCC. The molecular formula is C47H93NO5. The Hall–Kier alpha value is -1.14. The Labute approximate surface area is 331 Å². The molecule has 0 rings (SSSR count). The average Bonchev–Trinajstić information content (AvgIpc) is 3.15. The van der Waals surface area contributed by atoms with Gasteiger partial charge in [-0.25, -0.2) is 0 Å². The summed E-state index contributed by atoms with van der Waals surface area (Å²) < 4.78 is 11.4. The van der Waals surface area contributed by atoms with Crippen LogP contribution in [0.25, 0.3) is 0 Å². The predicted octanol–water partition coefficient (Wildman–Crippen LogP) is 13.6. The van der Waals surface area contributed by atoms with Gasteiger partial charge in [0.15, 0.2) is 0 Å². The van der Waals surface area contributed by atoms with Crippen LogP contribution in [-0.2, 0) is 19.1 Å². The van der Waals surface area contributed by atoms with Crippen LogP contribution in [0.3, 0.4) is 0 Å². The Morgan fingerprint density at radius 3 is 1.21 bits per heavy atom. The van der Waals surface area contributed by atoms with E-state index in [1.807, 2.05) is 0 Å². The van der Waals surface area contributed by atoms with Crippen molar-refractivity contribution in [1.29, 1.82) is 0 Å². The Kier molecular flexibility index (Phi) is 37.0. The molecule has 316 valence electrons. The van der Waals surface area contributed by atoms with Crippen molar-refractivity contribution in [2.45, 2.75) is 246 Å². The number of carbonyl (C=O) groups is 2. The smallest absolute Gasteiger partial charge is 0.308 e. The molecule has 1 N–H and O–H groups in total. The fraction of sp³-hybridized carbons (Fsp3) is 0.957. The molecular weight excluding hydrogens is 659 g/mol. The molecule has 0 bridgehead atoms. The van der Waals surface area contributed by atoms with Crippen molar-refractivity contribution in [2.24, 2.45) is 11.8 Å². The number of hydrogen-bond acceptors (Lipinski definition) is 6. The summed E-state index contributed by atoms with van der Waals surface area (Å²) in [5.74, 6) is 0.100. The highest BCUT2D eigenvalue weighted by molar-refractivity contribution is 5.72. The van der Waals surface area contributed by atoms with E-state index in [1.54, 1.807) is 0 Å². The van der Waals surface area contributed by atoms with Crippen molar-refractivity contribution in [3.05, 3.63) is 0 Å². The second kappa shape index (κ2) is 37.8. The summed E-state index contributed by atoms with van der Waals surface area (Å²) in [6, 6.07) is 0. The first-order valence-corrected chi connectivity index (χ1v) is 23.6. The minimum atomic E-state index is -0.602. The van der Waals surface area contributed by atoms with Crippen molar-refractivity contribution in [3.8, 4) is 0 Å². The Morgan fingerprint density at radius 1 is 0.453 bits per heavy atom. The molecule has 6 nitrogen and oxygen atoms in total. The molecule has 0 amide bonds. The summed E-state index contributed by atoms with van der Waals surface area (Å²) in [7, 11) is 0. The fourth-order valence-electron chi connectivity index (χ4n) is 7.85. The monoisotopic (exact) mass is 752 g/mol. The molecule has 0 aromatic rings. The molecule has 0 heterocycles. The van der Waals surface area contributed by atoms with E-state index >= 15 is 0 Å². The van der Waals surface area contributed by atoms with Crippen LogP contribution in [0, 0.1) is 11.8 Å². The van der Waals surface area contributed by atoms with Gasteiger partial charge in [-0.2, -0.15) is 0 Å². The summed E-state index contributed by atoms with van der Waals surface area (Å²) in [5, 5.41) is 11.8. The van der Waals surface area contributed by atoms with Gasteiger partial charge in [-0.3, -0.25) is 9.59 Å². The van der Waals surface area contributed by atoms with Gasteiger partial charge < -0.3 is 19.5 Å². The van der Waals surface area contributed by atoms with E-state index in [0.717, 1.165) is 129 Å². The van der Waals surface area contributed by atoms with Crippen molar-refractivity contribution in [2.75, 3.05) is 32.8 Å². The molecule has 0 aromatic carbocycles. The summed E-state index contributed by atoms with van der Waals surface area (Å²) in [6.45, 7) is 17.7. The number of ether oxygens (including phenoxy) is 2. The standard InChI is InChI=1S/C47H93NO5/c1-7-13-15-17-19-25-33-43(11-5)45(49)52-41-31-23-21-27-35-47(51,37-29-30-40-48(38-9-3)39-10-4)36-28-22-24-32-42-53-46(50)44(12-6)34-26-20-18-16-14-8-2/h43-44,51H,7-42H2,1-6H3. The van der Waals surface area contributed by atoms with E-state index in [2.05, 4.69) is 46.4 Å². The molecule has 0 radical (unpaired) electrons. The number of rotatable bonds is 41. The minimum absolute atomic E-state index is 0.00122. The molecule has 0 aliphatic heterocycles. The summed E-state index contributed by atoms with van der Waals surface area (Å²) >= 11 is 0. The van der Waals surface area contributed by atoms with Crippen molar-refractivity contribution in [1.82, 2.24) is 4.90 Å². The lowest BCUT2D eigenvalue weighted by atomic mass is 9.85. The molecule has 53 heavy (non-hydrogen) atoms. The zero-order valence-electron chi connectivity index (χ0n) is 36.6. The number of aliphatic hydroxyl groups is 1. The van der Waals surface area contributed by atoms with Crippen LogP contribution in [0.2, 0.25) is 0 Å². The molecule has 0 spiro atoms. The highest BCUT2D eigenvalue weighted by atomic mass is 16.5. The predicted molar refractivity (Wildman–Crippen MR) is 227 cm³/mol. The molecule has 0 saturated carbocycles. The zero-order chi connectivity index (χ0) is 39.3. The molecule has 0 aliphatic rings. The maximum absolute atomic E-state index is 12.6. The van der Waals surface area contributed by atoms with Gasteiger partial charge in [0.25, 0.3) is 0 Å². The number of unbranched alkanes of at least 4 members (excludes halogenated alkanes) is 17. The van der Waals surface area contributed by atoms with Gasteiger partial charge in [0.2, 0.25) is 0 Å². The van der Waals surface area contributed by atoms with E-state index in [-0.39, 0.29) is 23.8 Å². The lowest BCUT2D eigenvalue weighted by Crippen LogP contribution is -2.30. The van der Waals surface area contributed by atoms with Gasteiger partial charge in [-0.15, -0.1) is 0 Å². The van der Waals surface area contributed by atoms with E-state index in [0.29, 0.717) is 13.2 Å². The molecule has 0 saturated heterocycles. The van der Waals surface area contributed by atoms with Gasteiger partial charge in [0, 0.05) is 0 Å². The normalized spacial score (nSPS) is 14.0. The lowest BCUT2D eigenvalue weighted by Gasteiger charge is -2.29. The molecule has 2 unspecified atom stereocenters. The van der Waals surface area contributed by atoms with Crippen LogP contribution < -0.4 is 0 Å². The Morgan fingerprint density at radius 2 is 0.811 bits per heavy atom. The van der Waals surface area contributed by atoms with Gasteiger partial charge in [0.05, 0.1) is 30.7 Å². The number of esters is 2. The van der Waals surface area contributed by atoms with E-state index < -0.39 is 5.60 Å². The third-order valence-electron chi connectivity index (χ3n) is 11.5. The third kappa shape index (κ3) is 30.7. The maximum atomic E-state index is 12.6. The number of nitrogens with zero attached hydrogens (tertiary/aromatic N) is 1. The van der Waals surface area contributed by atoms with Gasteiger partial charge in [-0.05, 0) is 103 Å². The van der Waals surface area contributed by atoms with Crippen molar-refractivity contribution < 1.29 is 24.2 Å². The second-order valence-electron chi connectivity index (χ2n) is 16.5. The molecule has 0 aromatic heterocycles. The maximum Gasteiger partial charge on any atom is 0.308 e. The van der Waals surface area contributed by atoms with Gasteiger partial charge in [-0.1, -0.05) is 157 Å². The minimum Gasteiger partial charge on any atom is -0.465 e. The molecule has 2 atom stereocenters. The number of carbonyl (C=O) groups excluding carboxylic acids is 2. The first-order chi connectivity index (χ1) is 25.8. The molecule has 6 heteroatoms. The Balaban J connectivity index is 4.56. The first-order valence-electron chi connectivity index (χ1n) is 23.6. The van der Waals surface area contributed by atoms with Crippen LogP contribution >= 0.6 is 0 Å². The van der Waals surface area contributed by atoms with Crippen LogP contribution in [0.5, 0.6) is 0 Å². The average molecular weight is 752 g/mol. The molecule has 0 fully saturated rings. The summed E-state index contributed by atoms with van der Waals surface area (Å²) in [4.78, 5) is 27.9. The third-order valence-corrected chi connectivity index (χ3v) is 11.5. The van der Waals surface area contributed by atoms with E-state index in [9.17, 15) is 14.7 Å². The van der Waals surface area contributed by atoms with Crippen LogP contribution in [0.4, 0.5) is 0 Å². The largest absolute Gasteiger partial charge is 0.465 e. The second-order valence-corrected chi connectivity index (χ2v) is 16.5. The highest BCUT2D eigenvalue weighted by Crippen LogP contribution is 2.29. The topological polar surface area (TPSA) is 76.1 Å². The summed E-state index contributed by atoms with van der Waals surface area (Å²) in [5.41, 5.74) is -0.602. The lowest BCUT2D eigenvalue weighted by molar-refractivity contribution is -0.150. The fourth-order valence-corrected chi connectivity index (χ4v) is 7.85. The van der Waals surface area contributed by atoms with Crippen molar-refractivity contribution in [3.63, 3.8) is 0 Å². The highest BCUT2D eigenvalue weighted by Gasteiger charge is 2.25. The van der Waals surface area contributed by atoms with Crippen LogP contribution in [0.1, 0.15) is 241 Å². The van der Waals surface area contributed by atoms with E-state index in [4.69, 9.17) is 9.47 Å². The zero-order valence-corrected chi connectivity index (χ0v) is 36.6. The van der Waals surface area contributed by atoms with Gasteiger partial charge in [0.1, 0.15) is 0 Å². The Bertz CT molecular complexity index is 748. The quantitative estimate of drug-likeness (QED) is 0.0495. The van der Waals surface area contributed by atoms with Crippen LogP contribution in [-0.4, -0.2) is 60.4 Å².